The number of hydrogen-bond acceptors (Lipinski definition) is 5. The lowest BCUT2D eigenvalue weighted by Crippen LogP contribution is -2.29. The van der Waals surface area contributed by atoms with E-state index in [2.05, 4.69) is 58.5 Å². The van der Waals surface area contributed by atoms with Crippen LogP contribution in [0.1, 0.15) is 63.9 Å². The zero-order valence-electron chi connectivity index (χ0n) is 16.2. The number of hydrogen-bond donors (Lipinski definition) is 2. The van der Waals surface area contributed by atoms with Crippen LogP contribution in [0, 0.1) is 0 Å². The van der Waals surface area contributed by atoms with Crippen molar-refractivity contribution >= 4 is 17.3 Å². The first-order valence-corrected chi connectivity index (χ1v) is 9.62. The Hall–Kier alpha value is -2.41. The molecule has 0 aliphatic heterocycles. The van der Waals surface area contributed by atoms with Crippen LogP contribution in [0.3, 0.4) is 0 Å². The van der Waals surface area contributed by atoms with E-state index in [0.717, 1.165) is 36.5 Å². The Kier molecular flexibility index (Phi) is 5.79. The lowest BCUT2D eigenvalue weighted by atomic mass is 10.1. The van der Waals surface area contributed by atoms with Crippen LogP contribution >= 0.6 is 11.6 Å². The van der Waals surface area contributed by atoms with E-state index in [1.807, 2.05) is 35.0 Å². The molecule has 2 heterocycles. The van der Waals surface area contributed by atoms with Crippen molar-refractivity contribution in [2.75, 3.05) is 5.32 Å². The van der Waals surface area contributed by atoms with Crippen molar-refractivity contribution in [2.24, 2.45) is 0 Å². The first-order chi connectivity index (χ1) is 12.9. The third-order valence-electron chi connectivity index (χ3n) is 4.26. The van der Waals surface area contributed by atoms with Gasteiger partial charge < -0.3 is 10.3 Å². The van der Waals surface area contributed by atoms with E-state index in [-0.39, 0.29) is 11.6 Å². The molecule has 8 heteroatoms. The molecule has 0 spiro atoms. The Morgan fingerprint density at radius 3 is 2.63 bits per heavy atom. The Morgan fingerprint density at radius 1 is 1.22 bits per heavy atom. The Balaban J connectivity index is 2.04. The molecule has 0 radical (unpaired) electrons. The number of aromatic amines is 1. The van der Waals surface area contributed by atoms with E-state index in [0.29, 0.717) is 11.0 Å². The number of H-pyrrole nitrogens is 1. The fourth-order valence-corrected chi connectivity index (χ4v) is 3.14. The average Bonchev–Trinajstić information content (AvgIpc) is 3.25. The number of benzene rings is 1. The second kappa shape index (κ2) is 8.08. The molecule has 0 fully saturated rings. The van der Waals surface area contributed by atoms with Crippen LogP contribution < -0.4 is 5.32 Å². The standard InChI is InChI=1S/C19H26ClN7/c1-5-6-12-14-22-15(17(20)23-14)16(21-13-10-8-7-9-11-13)18-24-25-26-27(18)19(2,3)4/h7-11,16,21H,5-6,12H2,1-4H3,(H,22,23). The number of para-hydroxylation sites is 1. The average molecular weight is 388 g/mol. The predicted molar refractivity (Wildman–Crippen MR) is 107 cm³/mol. The summed E-state index contributed by atoms with van der Waals surface area (Å²) in [4.78, 5) is 7.89. The normalized spacial score (nSPS) is 12.9. The lowest BCUT2D eigenvalue weighted by molar-refractivity contribution is 0.332. The molecule has 27 heavy (non-hydrogen) atoms. The molecule has 0 amide bonds. The Morgan fingerprint density at radius 2 is 1.96 bits per heavy atom. The molecular weight excluding hydrogens is 362 g/mol. The van der Waals surface area contributed by atoms with Crippen LogP contribution in [-0.4, -0.2) is 30.2 Å². The zero-order chi connectivity index (χ0) is 19.4. The second-order valence-electron chi connectivity index (χ2n) is 7.55. The van der Waals surface area contributed by atoms with Crippen molar-refractivity contribution in [3.8, 4) is 0 Å². The maximum atomic E-state index is 6.51. The summed E-state index contributed by atoms with van der Waals surface area (Å²) in [6.07, 6.45) is 3.01. The molecule has 3 aromatic rings. The van der Waals surface area contributed by atoms with Crippen LogP contribution in [0.2, 0.25) is 5.15 Å². The first-order valence-electron chi connectivity index (χ1n) is 9.24. The largest absolute Gasteiger partial charge is 0.370 e. The number of aromatic nitrogens is 6. The highest BCUT2D eigenvalue weighted by Crippen LogP contribution is 2.31. The topological polar surface area (TPSA) is 84.3 Å². The van der Waals surface area contributed by atoms with Gasteiger partial charge in [-0.25, -0.2) is 9.67 Å². The van der Waals surface area contributed by atoms with Crippen molar-refractivity contribution in [2.45, 2.75) is 58.5 Å². The number of anilines is 1. The minimum atomic E-state index is -0.350. The smallest absolute Gasteiger partial charge is 0.180 e. The number of nitrogens with zero attached hydrogens (tertiary/aromatic N) is 5. The summed E-state index contributed by atoms with van der Waals surface area (Å²) in [6, 6.07) is 9.59. The maximum absolute atomic E-state index is 6.51. The number of tetrazole rings is 1. The summed E-state index contributed by atoms with van der Waals surface area (Å²) in [6.45, 7) is 8.34. The van der Waals surface area contributed by atoms with Crippen molar-refractivity contribution in [3.05, 3.63) is 52.8 Å². The quantitative estimate of drug-likeness (QED) is 0.629. The molecule has 0 saturated heterocycles. The van der Waals surface area contributed by atoms with Gasteiger partial charge in [0.15, 0.2) is 11.0 Å². The summed E-state index contributed by atoms with van der Waals surface area (Å²) in [7, 11) is 0. The molecule has 0 aliphatic carbocycles. The molecule has 3 rings (SSSR count). The second-order valence-corrected chi connectivity index (χ2v) is 7.91. The van der Waals surface area contributed by atoms with Gasteiger partial charge >= 0.3 is 0 Å². The molecule has 1 unspecified atom stereocenters. The summed E-state index contributed by atoms with van der Waals surface area (Å²) >= 11 is 6.51. The van der Waals surface area contributed by atoms with Crippen molar-refractivity contribution in [1.82, 2.24) is 30.2 Å². The maximum Gasteiger partial charge on any atom is 0.180 e. The van der Waals surface area contributed by atoms with E-state index in [4.69, 9.17) is 11.6 Å². The number of rotatable bonds is 7. The summed E-state index contributed by atoms with van der Waals surface area (Å²) in [5, 5.41) is 16.4. The number of halogens is 1. The summed E-state index contributed by atoms with van der Waals surface area (Å²) in [5.41, 5.74) is 1.45. The van der Waals surface area contributed by atoms with E-state index < -0.39 is 0 Å². The molecule has 0 bridgehead atoms. The minimum Gasteiger partial charge on any atom is -0.370 e. The number of unbranched alkanes of at least 4 members (excludes halogenated alkanes) is 1. The predicted octanol–water partition coefficient (Wildman–Crippen LogP) is 4.35. The van der Waals surface area contributed by atoms with Gasteiger partial charge in [0.1, 0.15) is 11.9 Å². The molecule has 2 N–H and O–H groups in total. The number of nitrogens with one attached hydrogen (secondary N) is 2. The lowest BCUT2D eigenvalue weighted by Gasteiger charge is -2.24. The van der Waals surface area contributed by atoms with Gasteiger partial charge in [-0.05, 0) is 49.8 Å². The van der Waals surface area contributed by atoms with Crippen LogP contribution in [-0.2, 0) is 12.0 Å². The van der Waals surface area contributed by atoms with Crippen molar-refractivity contribution in [1.29, 1.82) is 0 Å². The molecule has 144 valence electrons. The van der Waals surface area contributed by atoms with Crippen molar-refractivity contribution in [3.63, 3.8) is 0 Å². The van der Waals surface area contributed by atoms with Crippen LogP contribution in [0.15, 0.2) is 30.3 Å². The fourth-order valence-electron chi connectivity index (χ4n) is 2.89. The monoisotopic (exact) mass is 387 g/mol. The molecule has 0 aliphatic rings. The molecule has 1 aromatic carbocycles. The van der Waals surface area contributed by atoms with Gasteiger partial charge in [-0.15, -0.1) is 5.10 Å². The van der Waals surface area contributed by atoms with Crippen molar-refractivity contribution < 1.29 is 0 Å². The van der Waals surface area contributed by atoms with Crippen LogP contribution in [0.25, 0.3) is 0 Å². The SMILES string of the molecule is CCCCc1nc(Cl)c(C(Nc2ccccc2)c2nnnn2C(C)(C)C)[nH]1. The number of aryl methyl sites for hydroxylation is 1. The van der Waals surface area contributed by atoms with E-state index in [1.54, 1.807) is 0 Å². The van der Waals surface area contributed by atoms with E-state index >= 15 is 0 Å². The molecule has 1 atom stereocenters. The van der Waals surface area contributed by atoms with Gasteiger partial charge in [0.05, 0.1) is 11.2 Å². The van der Waals surface area contributed by atoms with Gasteiger partial charge in [-0.3, -0.25) is 0 Å². The highest BCUT2D eigenvalue weighted by Gasteiger charge is 2.30. The Labute approximate surface area is 164 Å². The third-order valence-corrected chi connectivity index (χ3v) is 4.55. The molecule has 2 aromatic heterocycles. The van der Waals surface area contributed by atoms with Crippen LogP contribution in [0.5, 0.6) is 0 Å². The van der Waals surface area contributed by atoms with Gasteiger partial charge in [-0.1, -0.05) is 43.1 Å². The molecular formula is C19H26ClN7. The zero-order valence-corrected chi connectivity index (χ0v) is 17.0. The molecule has 0 saturated carbocycles. The Bertz CT molecular complexity index is 864. The van der Waals surface area contributed by atoms with Gasteiger partial charge in [0.2, 0.25) is 0 Å². The summed E-state index contributed by atoms with van der Waals surface area (Å²) < 4.78 is 1.82. The van der Waals surface area contributed by atoms with E-state index in [1.165, 1.54) is 0 Å². The number of imidazole rings is 1. The highest BCUT2D eigenvalue weighted by atomic mass is 35.5. The fraction of sp³-hybridized carbons (Fsp3) is 0.474. The van der Waals surface area contributed by atoms with Gasteiger partial charge in [0, 0.05) is 12.1 Å². The minimum absolute atomic E-state index is 0.271. The summed E-state index contributed by atoms with van der Waals surface area (Å²) in [5.74, 6) is 1.56. The van der Waals surface area contributed by atoms with Crippen LogP contribution in [0.4, 0.5) is 5.69 Å². The highest BCUT2D eigenvalue weighted by molar-refractivity contribution is 6.30. The van der Waals surface area contributed by atoms with E-state index in [9.17, 15) is 0 Å². The van der Waals surface area contributed by atoms with Gasteiger partial charge in [-0.2, -0.15) is 0 Å². The molecule has 7 nitrogen and oxygen atoms in total. The third kappa shape index (κ3) is 4.47. The first kappa shape index (κ1) is 19.4. The van der Waals surface area contributed by atoms with Gasteiger partial charge in [0.25, 0.3) is 0 Å².